The Kier molecular flexibility index (Phi) is 5.93. The van der Waals surface area contributed by atoms with E-state index in [1.807, 2.05) is 13.8 Å². The summed E-state index contributed by atoms with van der Waals surface area (Å²) in [6, 6.07) is 2.50. The summed E-state index contributed by atoms with van der Waals surface area (Å²) >= 11 is 0. The van der Waals surface area contributed by atoms with Crippen molar-refractivity contribution in [1.29, 1.82) is 0 Å². The molecule has 0 aliphatic heterocycles. The van der Waals surface area contributed by atoms with E-state index in [0.717, 1.165) is 18.9 Å². The van der Waals surface area contributed by atoms with Crippen molar-refractivity contribution in [1.82, 2.24) is 10.6 Å². The zero-order chi connectivity index (χ0) is 17.0. The number of carbonyl (C=O) groups excluding carboxylic acids is 1. The molecule has 0 bridgehead atoms. The van der Waals surface area contributed by atoms with Crippen molar-refractivity contribution in [3.8, 4) is 0 Å². The fourth-order valence-corrected chi connectivity index (χ4v) is 2.95. The van der Waals surface area contributed by atoms with E-state index >= 15 is 0 Å². The number of benzene rings is 1. The van der Waals surface area contributed by atoms with Crippen molar-refractivity contribution in [2.24, 2.45) is 5.92 Å². The minimum absolute atomic E-state index is 0.0178. The van der Waals surface area contributed by atoms with Gasteiger partial charge in [-0.1, -0.05) is 19.9 Å². The van der Waals surface area contributed by atoms with E-state index in [1.54, 1.807) is 0 Å². The van der Waals surface area contributed by atoms with Gasteiger partial charge in [0.1, 0.15) is 11.6 Å². The lowest BCUT2D eigenvalue weighted by Crippen LogP contribution is -2.46. The summed E-state index contributed by atoms with van der Waals surface area (Å²) in [7, 11) is 0. The van der Waals surface area contributed by atoms with Crippen LogP contribution < -0.4 is 10.6 Å². The molecule has 1 aromatic rings. The summed E-state index contributed by atoms with van der Waals surface area (Å²) in [5.74, 6) is -1.35. The molecule has 6 heteroatoms. The fraction of sp³-hybridized carbons (Fsp3) is 0.588. The van der Waals surface area contributed by atoms with Crippen molar-refractivity contribution < 1.29 is 18.7 Å². The third kappa shape index (κ3) is 4.89. The van der Waals surface area contributed by atoms with E-state index in [2.05, 4.69) is 10.6 Å². The number of carbonyl (C=O) groups is 1. The van der Waals surface area contributed by atoms with E-state index in [0.29, 0.717) is 12.8 Å². The molecule has 1 unspecified atom stereocenters. The van der Waals surface area contributed by atoms with Gasteiger partial charge in [0, 0.05) is 17.7 Å². The lowest BCUT2D eigenvalue weighted by molar-refractivity contribution is 0.117. The first-order valence-electron chi connectivity index (χ1n) is 8.07. The molecule has 4 nitrogen and oxygen atoms in total. The first kappa shape index (κ1) is 17.7. The number of nitrogens with one attached hydrogen (secondary N) is 2. The molecular formula is C17H24F2N2O2. The van der Waals surface area contributed by atoms with Gasteiger partial charge >= 0.3 is 6.03 Å². The molecule has 0 heterocycles. The van der Waals surface area contributed by atoms with Crippen LogP contribution in [0.2, 0.25) is 0 Å². The van der Waals surface area contributed by atoms with Crippen molar-refractivity contribution in [3.63, 3.8) is 0 Å². The lowest BCUT2D eigenvalue weighted by atomic mass is 9.93. The number of hydrogen-bond acceptors (Lipinski definition) is 2. The van der Waals surface area contributed by atoms with Crippen molar-refractivity contribution in [3.05, 3.63) is 35.4 Å². The highest BCUT2D eigenvalue weighted by Crippen LogP contribution is 2.25. The average Bonchev–Trinajstić information content (AvgIpc) is 2.48. The van der Waals surface area contributed by atoms with Crippen LogP contribution in [0.25, 0.3) is 0 Å². The van der Waals surface area contributed by atoms with Crippen LogP contribution in [0.3, 0.4) is 0 Å². The van der Waals surface area contributed by atoms with E-state index in [1.165, 1.54) is 12.1 Å². The number of aliphatic hydroxyl groups excluding tert-OH is 1. The number of aliphatic hydroxyl groups is 1. The fourth-order valence-electron chi connectivity index (χ4n) is 2.95. The molecule has 0 radical (unpaired) electrons. The normalized spacial score (nSPS) is 22.7. The Morgan fingerprint density at radius 1 is 1.22 bits per heavy atom. The smallest absolute Gasteiger partial charge is 0.315 e. The average molecular weight is 326 g/mol. The molecule has 1 fully saturated rings. The van der Waals surface area contributed by atoms with Crippen molar-refractivity contribution in [2.75, 3.05) is 0 Å². The largest absolute Gasteiger partial charge is 0.393 e. The van der Waals surface area contributed by atoms with Gasteiger partial charge in [-0.05, 0) is 37.7 Å². The Labute approximate surface area is 135 Å². The van der Waals surface area contributed by atoms with Crippen molar-refractivity contribution in [2.45, 2.75) is 57.7 Å². The second kappa shape index (κ2) is 7.73. The van der Waals surface area contributed by atoms with Crippen LogP contribution in [0.1, 0.15) is 51.1 Å². The molecule has 0 spiro atoms. The Morgan fingerprint density at radius 2 is 1.87 bits per heavy atom. The molecule has 128 valence electrons. The molecule has 0 saturated heterocycles. The van der Waals surface area contributed by atoms with Gasteiger partial charge in [0.2, 0.25) is 0 Å². The Bertz CT molecular complexity index is 543. The highest BCUT2D eigenvalue weighted by atomic mass is 19.1. The summed E-state index contributed by atoms with van der Waals surface area (Å²) in [6.45, 7) is 3.73. The summed E-state index contributed by atoms with van der Waals surface area (Å²) in [5.41, 5.74) is 0.274. The molecule has 0 aromatic heterocycles. The van der Waals surface area contributed by atoms with E-state index in [9.17, 15) is 18.7 Å². The van der Waals surface area contributed by atoms with E-state index in [4.69, 9.17) is 0 Å². The second-order valence-electron chi connectivity index (χ2n) is 6.51. The molecule has 1 aliphatic rings. The molecule has 1 aromatic carbocycles. The third-order valence-electron chi connectivity index (χ3n) is 4.28. The van der Waals surface area contributed by atoms with Crippen LogP contribution in [0.4, 0.5) is 13.6 Å². The van der Waals surface area contributed by atoms with Gasteiger partial charge in [-0.25, -0.2) is 13.6 Å². The third-order valence-corrected chi connectivity index (χ3v) is 4.28. The first-order valence-corrected chi connectivity index (χ1v) is 8.07. The zero-order valence-corrected chi connectivity index (χ0v) is 13.5. The molecule has 23 heavy (non-hydrogen) atoms. The number of rotatable bonds is 4. The number of halogens is 2. The second-order valence-corrected chi connectivity index (χ2v) is 6.51. The molecular weight excluding hydrogens is 302 g/mol. The number of amides is 2. The highest BCUT2D eigenvalue weighted by molar-refractivity contribution is 5.74. The Hall–Kier alpha value is -1.69. The summed E-state index contributed by atoms with van der Waals surface area (Å²) < 4.78 is 27.0. The van der Waals surface area contributed by atoms with Crippen LogP contribution >= 0.6 is 0 Å². The zero-order valence-electron chi connectivity index (χ0n) is 13.5. The maximum atomic E-state index is 14.0. The van der Waals surface area contributed by atoms with Gasteiger partial charge in [0.25, 0.3) is 0 Å². The molecule has 2 rings (SSSR count). The van der Waals surface area contributed by atoms with Gasteiger partial charge in [-0.3, -0.25) is 0 Å². The summed E-state index contributed by atoms with van der Waals surface area (Å²) in [6.07, 6.45) is 2.52. The minimum atomic E-state index is -0.662. The molecule has 3 N–H and O–H groups in total. The van der Waals surface area contributed by atoms with Crippen LogP contribution in [-0.4, -0.2) is 23.3 Å². The van der Waals surface area contributed by atoms with Crippen LogP contribution in [0, 0.1) is 17.6 Å². The van der Waals surface area contributed by atoms with Gasteiger partial charge in [-0.2, -0.15) is 0 Å². The topological polar surface area (TPSA) is 61.4 Å². The predicted molar refractivity (Wildman–Crippen MR) is 83.9 cm³/mol. The quantitative estimate of drug-likeness (QED) is 0.795. The van der Waals surface area contributed by atoms with Gasteiger partial charge < -0.3 is 15.7 Å². The predicted octanol–water partition coefficient (Wildman–Crippen LogP) is 3.26. The minimum Gasteiger partial charge on any atom is -0.393 e. The van der Waals surface area contributed by atoms with Crippen LogP contribution in [-0.2, 0) is 0 Å². The van der Waals surface area contributed by atoms with Gasteiger partial charge in [-0.15, -0.1) is 0 Å². The summed E-state index contributed by atoms with van der Waals surface area (Å²) in [4.78, 5) is 12.2. The van der Waals surface area contributed by atoms with E-state index in [-0.39, 0.29) is 29.7 Å². The molecule has 1 atom stereocenters. The van der Waals surface area contributed by atoms with Gasteiger partial charge in [0.05, 0.1) is 12.1 Å². The SMILES string of the molecule is CC(C)C(NC(=O)NC1CCC(O)CC1)c1ccc(F)cc1F. The number of hydrogen-bond donors (Lipinski definition) is 3. The maximum absolute atomic E-state index is 14.0. The van der Waals surface area contributed by atoms with Crippen LogP contribution in [0.5, 0.6) is 0 Å². The maximum Gasteiger partial charge on any atom is 0.315 e. The highest BCUT2D eigenvalue weighted by Gasteiger charge is 2.25. The molecule has 2 amide bonds. The first-order chi connectivity index (χ1) is 10.9. The standard InChI is InChI=1S/C17H24F2N2O2/c1-10(2)16(14-8-3-11(18)9-15(14)19)21-17(23)20-12-4-6-13(22)7-5-12/h3,8-10,12-13,16,22H,4-7H2,1-2H3,(H2,20,21,23). The van der Waals surface area contributed by atoms with Gasteiger partial charge in [0.15, 0.2) is 0 Å². The summed E-state index contributed by atoms with van der Waals surface area (Å²) in [5, 5.41) is 15.1. The monoisotopic (exact) mass is 326 g/mol. The molecule has 1 aliphatic carbocycles. The lowest BCUT2D eigenvalue weighted by Gasteiger charge is -2.28. The molecule has 1 saturated carbocycles. The number of urea groups is 1. The van der Waals surface area contributed by atoms with Crippen molar-refractivity contribution >= 4 is 6.03 Å². The Balaban J connectivity index is 2.00. The Morgan fingerprint density at radius 3 is 2.43 bits per heavy atom. The van der Waals surface area contributed by atoms with E-state index < -0.39 is 17.7 Å². The van der Waals surface area contributed by atoms with Crippen LogP contribution in [0.15, 0.2) is 18.2 Å².